The summed E-state index contributed by atoms with van der Waals surface area (Å²) >= 11 is 14.3. The number of thiol groups is 1. The average Bonchev–Trinajstić information content (AvgIpc) is 2.02. The molecule has 0 bridgehead atoms. The lowest BCUT2D eigenvalue weighted by Crippen LogP contribution is -2.04. The van der Waals surface area contributed by atoms with E-state index in [1.807, 2.05) is 0 Å². The second-order valence-corrected chi connectivity index (χ2v) is 16.8. The van der Waals surface area contributed by atoms with E-state index in [4.69, 9.17) is 26.6 Å². The van der Waals surface area contributed by atoms with Gasteiger partial charge in [0.05, 0.1) is 13.1 Å². The van der Waals surface area contributed by atoms with E-state index in [0.29, 0.717) is 12.5 Å². The van der Waals surface area contributed by atoms with Gasteiger partial charge in [-0.05, 0) is 47.9 Å². The second-order valence-electron chi connectivity index (χ2n) is 2.37. The van der Waals surface area contributed by atoms with Crippen LogP contribution in [0.2, 0.25) is 0 Å². The molecule has 0 N–H and O–H groups in total. The highest BCUT2D eigenvalue weighted by Gasteiger charge is 2.05. The Balaban J connectivity index is 3.68. The van der Waals surface area contributed by atoms with E-state index < -0.39 is 6.46 Å². The summed E-state index contributed by atoms with van der Waals surface area (Å²) in [5.74, 6) is 0.482. The molecule has 0 aromatic heterocycles. The van der Waals surface area contributed by atoms with Gasteiger partial charge in [-0.3, -0.25) is 0 Å². The first-order chi connectivity index (χ1) is 5.98. The third kappa shape index (κ3) is 10.8. The van der Waals surface area contributed by atoms with Crippen LogP contribution in [0.4, 0.5) is 0 Å². The average molecular weight is 331 g/mol. The van der Waals surface area contributed by atoms with Crippen molar-refractivity contribution in [3.8, 4) is 0 Å². The van der Waals surface area contributed by atoms with E-state index in [-0.39, 0.29) is 0 Å². The molecule has 0 aliphatic heterocycles. The zero-order valence-corrected chi connectivity index (χ0v) is 13.6. The van der Waals surface area contributed by atoms with Crippen LogP contribution in [0.15, 0.2) is 0 Å². The molecule has 0 aromatic carbocycles. The zero-order chi connectivity index (χ0) is 10.3. The van der Waals surface area contributed by atoms with E-state index in [0.717, 1.165) is 0 Å². The van der Waals surface area contributed by atoms with E-state index in [1.165, 1.54) is 39.3 Å². The fourth-order valence-corrected chi connectivity index (χ4v) is 13.9. The smallest absolute Gasteiger partial charge is 0.0820 e. The maximum Gasteiger partial charge on any atom is 0.0820 e. The zero-order valence-electron chi connectivity index (χ0n) is 7.00. The largest absolute Gasteiger partial charge is 0.301 e. The monoisotopic (exact) mass is 330 g/mol. The van der Waals surface area contributed by atoms with E-state index in [9.17, 15) is 0 Å². The van der Waals surface area contributed by atoms with Gasteiger partial charge in [0.25, 0.3) is 0 Å². The van der Waals surface area contributed by atoms with Crippen molar-refractivity contribution in [2.45, 2.75) is 13.8 Å². The van der Waals surface area contributed by atoms with Crippen LogP contribution >= 0.6 is 51.0 Å². The van der Waals surface area contributed by atoms with Crippen LogP contribution < -0.4 is 0 Å². The normalized spacial score (nSPS) is 12.3. The Kier molecular flexibility index (Phi) is 10.3. The van der Waals surface area contributed by atoms with Crippen LogP contribution in [0.25, 0.3) is 0 Å². The predicted octanol–water partition coefficient (Wildman–Crippen LogP) is 4.09. The summed E-state index contributed by atoms with van der Waals surface area (Å²) in [4.78, 5) is 0. The molecule has 0 aromatic rings. The number of hydrogen-bond donors (Lipinski definition) is 1. The van der Waals surface area contributed by atoms with Crippen molar-refractivity contribution in [2.24, 2.45) is 5.92 Å². The molecule has 80 valence electrons. The van der Waals surface area contributed by atoms with Gasteiger partial charge in [0, 0.05) is 19.7 Å². The first-order valence-electron chi connectivity index (χ1n) is 3.20. The second kappa shape index (κ2) is 8.63. The van der Waals surface area contributed by atoms with Crippen molar-refractivity contribution < 1.29 is 4.18 Å². The fourth-order valence-electron chi connectivity index (χ4n) is 0.297. The maximum absolute atomic E-state index is 5.45. The molecule has 9 heteroatoms. The van der Waals surface area contributed by atoms with E-state index >= 15 is 0 Å². The van der Waals surface area contributed by atoms with Gasteiger partial charge in [0.2, 0.25) is 0 Å². The highest BCUT2D eigenvalue weighted by Crippen LogP contribution is 2.47. The lowest BCUT2D eigenvalue weighted by atomic mass is 10.2. The standard InChI is InChI=1S/C4H10OS8/c1-4(2)3-5-13(7,8)12-11-10-9-6/h4,6H,3H2,1-2H3. The molecule has 0 fully saturated rings. The lowest BCUT2D eigenvalue weighted by Gasteiger charge is -2.10. The number of rotatable bonds is 7. The fraction of sp³-hybridized carbons (Fsp3) is 1.00. The van der Waals surface area contributed by atoms with Gasteiger partial charge in [-0.2, -0.15) is 0 Å². The summed E-state index contributed by atoms with van der Waals surface area (Å²) in [6, 6.07) is 0. The van der Waals surface area contributed by atoms with Crippen LogP contribution in [0, 0.1) is 5.92 Å². The van der Waals surface area contributed by atoms with Gasteiger partial charge < -0.3 is 4.18 Å². The van der Waals surface area contributed by atoms with Gasteiger partial charge in [-0.1, -0.05) is 25.5 Å². The van der Waals surface area contributed by atoms with E-state index in [1.54, 1.807) is 0 Å². The van der Waals surface area contributed by atoms with Gasteiger partial charge >= 0.3 is 0 Å². The Morgan fingerprint density at radius 1 is 1.38 bits per heavy atom. The molecule has 0 saturated heterocycles. The summed E-state index contributed by atoms with van der Waals surface area (Å²) in [7, 11) is 5.90. The third-order valence-corrected chi connectivity index (χ3v) is 14.1. The summed E-state index contributed by atoms with van der Waals surface area (Å²) in [6.45, 7) is 3.04. The van der Waals surface area contributed by atoms with Gasteiger partial charge in [-0.25, -0.2) is 0 Å². The first-order valence-corrected chi connectivity index (χ1v) is 13.0. The van der Waals surface area contributed by atoms with Crippen LogP contribution in [-0.4, -0.2) is 6.61 Å². The van der Waals surface area contributed by atoms with Crippen molar-refractivity contribution in [1.82, 2.24) is 0 Å². The Bertz CT molecular complexity index is 208. The highest BCUT2D eigenvalue weighted by atomic mass is 33.9. The first kappa shape index (κ1) is 15.5. The quantitative estimate of drug-likeness (QED) is 0.422. The van der Waals surface area contributed by atoms with Crippen LogP contribution in [0.5, 0.6) is 0 Å². The highest BCUT2D eigenvalue weighted by molar-refractivity contribution is 9.42. The molecule has 0 amide bonds. The molecule has 0 unspecified atom stereocenters. The minimum absolute atomic E-state index is 0.482. The van der Waals surface area contributed by atoms with Crippen molar-refractivity contribution in [3.63, 3.8) is 0 Å². The third-order valence-electron chi connectivity index (χ3n) is 0.715. The summed E-state index contributed by atoms with van der Waals surface area (Å²) in [6.07, 6.45) is 0. The molecule has 0 aliphatic rings. The molecule has 13 heavy (non-hydrogen) atoms. The van der Waals surface area contributed by atoms with Gasteiger partial charge in [-0.15, -0.1) is 0 Å². The van der Waals surface area contributed by atoms with Crippen LogP contribution in [0.3, 0.4) is 0 Å². The van der Waals surface area contributed by atoms with Crippen LogP contribution in [-0.2, 0) is 33.0 Å². The molecule has 0 aliphatic carbocycles. The Labute approximate surface area is 109 Å². The summed E-state index contributed by atoms with van der Waals surface area (Å²) < 4.78 is 5.45. The van der Waals surface area contributed by atoms with Crippen molar-refractivity contribution in [2.75, 3.05) is 6.61 Å². The molecule has 0 radical (unpaired) electrons. The molecule has 0 saturated carbocycles. The topological polar surface area (TPSA) is 9.23 Å². The van der Waals surface area contributed by atoms with Gasteiger partial charge in [0.1, 0.15) is 0 Å². The summed E-state index contributed by atoms with van der Waals surface area (Å²) in [5, 5.41) is 0. The van der Waals surface area contributed by atoms with Crippen molar-refractivity contribution in [3.05, 3.63) is 0 Å². The molecular weight excluding hydrogens is 321 g/mol. The van der Waals surface area contributed by atoms with Crippen molar-refractivity contribution in [1.29, 1.82) is 0 Å². The van der Waals surface area contributed by atoms with Gasteiger partial charge in [0.15, 0.2) is 0 Å². The predicted molar refractivity (Wildman–Crippen MR) is 82.2 cm³/mol. The van der Waals surface area contributed by atoms with Crippen molar-refractivity contribution >= 4 is 79.8 Å². The summed E-state index contributed by atoms with van der Waals surface area (Å²) in [5.41, 5.74) is 0. The minimum Gasteiger partial charge on any atom is -0.301 e. The number of hydrogen-bond acceptors (Lipinski definition) is 8. The molecule has 0 atom stereocenters. The maximum atomic E-state index is 5.45. The Morgan fingerprint density at radius 3 is 2.46 bits per heavy atom. The SMILES string of the molecule is CC(C)COS(=S)(=S)SSSSS. The molecule has 0 heterocycles. The Morgan fingerprint density at radius 2 is 2.00 bits per heavy atom. The Hall–Kier alpha value is 2.50. The van der Waals surface area contributed by atoms with Crippen LogP contribution in [0.1, 0.15) is 13.8 Å². The molecule has 1 nitrogen and oxygen atoms in total. The molecule has 0 rings (SSSR count). The molecular formula is C4H10OS8. The van der Waals surface area contributed by atoms with E-state index in [2.05, 4.69) is 25.5 Å². The molecule has 0 spiro atoms. The lowest BCUT2D eigenvalue weighted by molar-refractivity contribution is 0.316. The minimum atomic E-state index is -1.77.